The summed E-state index contributed by atoms with van der Waals surface area (Å²) in [5.41, 5.74) is 0. The summed E-state index contributed by atoms with van der Waals surface area (Å²) >= 11 is 0. The fraction of sp³-hybridized carbons (Fsp3) is 0.353. The maximum atomic E-state index is 13.1. The number of rotatable bonds is 3. The maximum absolute atomic E-state index is 13.1. The lowest BCUT2D eigenvalue weighted by molar-refractivity contribution is 0.0646. The minimum Gasteiger partial charge on any atom is -0.426 e. The number of nitrogens with zero attached hydrogens (tertiary/aromatic N) is 1. The highest BCUT2D eigenvalue weighted by atomic mass is 19.1. The number of benzene rings is 1. The molecule has 0 radical (unpaired) electrons. The largest absolute Gasteiger partial charge is 0.426 e. The summed E-state index contributed by atoms with van der Waals surface area (Å²) < 4.78 is 24.0. The van der Waals surface area contributed by atoms with E-state index in [0.717, 1.165) is 25.9 Å². The van der Waals surface area contributed by atoms with Gasteiger partial charge in [-0.3, -0.25) is 4.79 Å². The van der Waals surface area contributed by atoms with Crippen molar-refractivity contribution in [2.75, 3.05) is 13.1 Å². The molecule has 0 bridgehead atoms. The molecule has 4 nitrogen and oxygen atoms in total. The summed E-state index contributed by atoms with van der Waals surface area (Å²) in [5, 5.41) is 0. The van der Waals surface area contributed by atoms with E-state index in [1.54, 1.807) is 29.2 Å². The van der Waals surface area contributed by atoms with Crippen LogP contribution < -0.4 is 4.74 Å². The Morgan fingerprint density at radius 3 is 3.00 bits per heavy atom. The third kappa shape index (κ3) is 3.30. The van der Waals surface area contributed by atoms with E-state index < -0.39 is 0 Å². The van der Waals surface area contributed by atoms with Crippen molar-refractivity contribution < 1.29 is 18.3 Å². The van der Waals surface area contributed by atoms with E-state index in [1.807, 2.05) is 0 Å². The number of hydrogen-bond donors (Lipinski definition) is 0. The van der Waals surface area contributed by atoms with Crippen LogP contribution in [-0.4, -0.2) is 23.9 Å². The standard InChI is InChI=1S/C17H18FNO3/c1-12-4-3-9-19(11-12)17(20)15-7-8-16(22-15)21-14-6-2-5-13(18)10-14/h2,5-8,10,12H,3-4,9,11H2,1H3/t12-/m1/s1. The van der Waals surface area contributed by atoms with Crippen molar-refractivity contribution in [1.82, 2.24) is 4.90 Å². The Kier molecular flexibility index (Phi) is 4.13. The van der Waals surface area contributed by atoms with Gasteiger partial charge in [-0.2, -0.15) is 0 Å². The topological polar surface area (TPSA) is 42.7 Å². The first-order chi connectivity index (χ1) is 10.6. The molecule has 1 aromatic carbocycles. The fourth-order valence-corrected chi connectivity index (χ4v) is 2.67. The Labute approximate surface area is 128 Å². The van der Waals surface area contributed by atoms with Gasteiger partial charge in [-0.25, -0.2) is 4.39 Å². The molecule has 0 N–H and O–H groups in total. The van der Waals surface area contributed by atoms with Gasteiger partial charge in [0.15, 0.2) is 5.76 Å². The molecule has 116 valence electrons. The molecule has 1 aliphatic heterocycles. The molecular formula is C17H18FNO3. The second-order valence-corrected chi connectivity index (χ2v) is 5.68. The van der Waals surface area contributed by atoms with Crippen LogP contribution in [0.5, 0.6) is 11.7 Å². The Hall–Kier alpha value is -2.30. The highest BCUT2D eigenvalue weighted by Crippen LogP contribution is 2.26. The number of amides is 1. The van der Waals surface area contributed by atoms with Crippen molar-refractivity contribution in [2.45, 2.75) is 19.8 Å². The first-order valence-electron chi connectivity index (χ1n) is 7.44. The Morgan fingerprint density at radius 2 is 2.23 bits per heavy atom. The van der Waals surface area contributed by atoms with E-state index in [-0.39, 0.29) is 23.4 Å². The zero-order valence-corrected chi connectivity index (χ0v) is 12.4. The lowest BCUT2D eigenvalue weighted by Gasteiger charge is -2.30. The number of furan rings is 1. The molecule has 2 heterocycles. The van der Waals surface area contributed by atoms with Crippen molar-refractivity contribution in [3.05, 3.63) is 48.0 Å². The molecule has 1 aromatic heterocycles. The molecule has 1 atom stereocenters. The van der Waals surface area contributed by atoms with Gasteiger partial charge in [0.1, 0.15) is 11.6 Å². The lowest BCUT2D eigenvalue weighted by Crippen LogP contribution is -2.38. The monoisotopic (exact) mass is 303 g/mol. The van der Waals surface area contributed by atoms with Crippen molar-refractivity contribution in [1.29, 1.82) is 0 Å². The number of hydrogen-bond acceptors (Lipinski definition) is 3. The van der Waals surface area contributed by atoms with Crippen molar-refractivity contribution in [3.63, 3.8) is 0 Å². The van der Waals surface area contributed by atoms with Crippen LogP contribution >= 0.6 is 0 Å². The van der Waals surface area contributed by atoms with Crippen LogP contribution in [-0.2, 0) is 0 Å². The van der Waals surface area contributed by atoms with Gasteiger partial charge in [-0.05, 0) is 37.0 Å². The molecule has 3 rings (SSSR count). The molecular weight excluding hydrogens is 285 g/mol. The minimum atomic E-state index is -0.386. The first kappa shape index (κ1) is 14.6. The van der Waals surface area contributed by atoms with E-state index in [2.05, 4.69) is 6.92 Å². The maximum Gasteiger partial charge on any atom is 0.290 e. The zero-order chi connectivity index (χ0) is 15.5. The van der Waals surface area contributed by atoms with Gasteiger partial charge in [0.2, 0.25) is 0 Å². The Bertz CT molecular complexity index is 667. The predicted molar refractivity (Wildman–Crippen MR) is 79.5 cm³/mol. The van der Waals surface area contributed by atoms with Crippen molar-refractivity contribution in [3.8, 4) is 11.7 Å². The van der Waals surface area contributed by atoms with E-state index in [9.17, 15) is 9.18 Å². The Morgan fingerprint density at radius 1 is 1.36 bits per heavy atom. The number of likely N-dealkylation sites (tertiary alicyclic amines) is 1. The van der Waals surface area contributed by atoms with Crippen LogP contribution in [0.25, 0.3) is 0 Å². The average Bonchev–Trinajstić information content (AvgIpc) is 2.95. The smallest absolute Gasteiger partial charge is 0.290 e. The van der Waals surface area contributed by atoms with Crippen LogP contribution in [0, 0.1) is 11.7 Å². The molecule has 22 heavy (non-hydrogen) atoms. The van der Waals surface area contributed by atoms with E-state index in [1.165, 1.54) is 12.1 Å². The molecule has 1 amide bonds. The number of carbonyl (C=O) groups is 1. The van der Waals surface area contributed by atoms with E-state index in [4.69, 9.17) is 9.15 Å². The van der Waals surface area contributed by atoms with Crippen LogP contribution in [0.3, 0.4) is 0 Å². The second-order valence-electron chi connectivity index (χ2n) is 5.68. The van der Waals surface area contributed by atoms with Gasteiger partial charge in [0.05, 0.1) is 0 Å². The van der Waals surface area contributed by atoms with E-state index >= 15 is 0 Å². The molecule has 1 fully saturated rings. The van der Waals surface area contributed by atoms with Gasteiger partial charge in [-0.15, -0.1) is 0 Å². The summed E-state index contributed by atoms with van der Waals surface area (Å²) in [6.45, 7) is 3.64. The number of ether oxygens (including phenoxy) is 1. The number of halogens is 1. The van der Waals surface area contributed by atoms with Gasteiger partial charge in [0, 0.05) is 25.2 Å². The van der Waals surface area contributed by atoms with E-state index in [0.29, 0.717) is 11.7 Å². The van der Waals surface area contributed by atoms with Crippen LogP contribution in [0.15, 0.2) is 40.8 Å². The number of piperidine rings is 1. The van der Waals surface area contributed by atoms with Gasteiger partial charge < -0.3 is 14.1 Å². The molecule has 0 unspecified atom stereocenters. The molecule has 5 heteroatoms. The van der Waals surface area contributed by atoms with Gasteiger partial charge in [-0.1, -0.05) is 13.0 Å². The normalized spacial score (nSPS) is 18.3. The second kappa shape index (κ2) is 6.22. The molecule has 2 aromatic rings. The molecule has 1 aliphatic rings. The van der Waals surface area contributed by atoms with Crippen molar-refractivity contribution >= 4 is 5.91 Å². The predicted octanol–water partition coefficient (Wildman–Crippen LogP) is 4.08. The lowest BCUT2D eigenvalue weighted by atomic mass is 10.0. The first-order valence-corrected chi connectivity index (χ1v) is 7.44. The van der Waals surface area contributed by atoms with Crippen LogP contribution in [0.2, 0.25) is 0 Å². The summed E-state index contributed by atoms with van der Waals surface area (Å²) in [6, 6.07) is 8.94. The highest BCUT2D eigenvalue weighted by Gasteiger charge is 2.24. The SMILES string of the molecule is C[C@@H]1CCCN(C(=O)c2ccc(Oc3cccc(F)c3)o2)C1. The highest BCUT2D eigenvalue weighted by molar-refractivity contribution is 5.91. The van der Waals surface area contributed by atoms with Crippen molar-refractivity contribution in [2.24, 2.45) is 5.92 Å². The van der Waals surface area contributed by atoms with Crippen LogP contribution in [0.4, 0.5) is 4.39 Å². The molecule has 0 spiro atoms. The van der Waals surface area contributed by atoms with Gasteiger partial charge in [0.25, 0.3) is 11.9 Å². The quantitative estimate of drug-likeness (QED) is 0.858. The third-order valence-corrected chi connectivity index (χ3v) is 3.75. The average molecular weight is 303 g/mol. The zero-order valence-electron chi connectivity index (χ0n) is 12.4. The Balaban J connectivity index is 1.69. The summed E-state index contributed by atoms with van der Waals surface area (Å²) in [5.74, 6) is 0.762. The molecule has 0 aliphatic carbocycles. The summed E-state index contributed by atoms with van der Waals surface area (Å²) in [6.07, 6.45) is 2.16. The minimum absolute atomic E-state index is 0.124. The fourth-order valence-electron chi connectivity index (χ4n) is 2.67. The summed E-state index contributed by atoms with van der Waals surface area (Å²) in [4.78, 5) is 14.2. The van der Waals surface area contributed by atoms with Crippen LogP contribution in [0.1, 0.15) is 30.3 Å². The number of carbonyl (C=O) groups excluding carboxylic acids is 1. The molecule has 0 saturated carbocycles. The third-order valence-electron chi connectivity index (χ3n) is 3.75. The summed E-state index contributed by atoms with van der Waals surface area (Å²) in [7, 11) is 0. The molecule has 1 saturated heterocycles. The van der Waals surface area contributed by atoms with Gasteiger partial charge >= 0.3 is 0 Å².